The number of carbonyl (C=O) groups is 2. The number of halogens is 1. The number of carbonyl (C=O) groups excluding carboxylic acids is 1. The molecule has 2 aromatic rings. The Hall–Kier alpha value is -1.92. The predicted molar refractivity (Wildman–Crippen MR) is 93.7 cm³/mol. The highest BCUT2D eigenvalue weighted by atomic mass is 35.5. The second-order valence-corrected chi connectivity index (χ2v) is 6.89. The van der Waals surface area contributed by atoms with Gasteiger partial charge in [-0.15, -0.1) is 11.8 Å². The number of nitrogens with zero attached hydrogens (tertiary/aromatic N) is 1. The SMILES string of the molecule is Cc1oc(CN(C)C(=O)CCSc2ccc(Cl)cc2)cc1C(=O)O. The van der Waals surface area contributed by atoms with Gasteiger partial charge in [-0.25, -0.2) is 4.79 Å². The number of carboxylic acids is 1. The normalized spacial score (nSPS) is 10.6. The van der Waals surface area contributed by atoms with E-state index >= 15 is 0 Å². The molecule has 0 atom stereocenters. The van der Waals surface area contributed by atoms with E-state index in [0.29, 0.717) is 28.7 Å². The number of benzene rings is 1. The minimum absolute atomic E-state index is 0.0256. The van der Waals surface area contributed by atoms with E-state index in [1.54, 1.807) is 25.7 Å². The van der Waals surface area contributed by atoms with Crippen LogP contribution in [0.3, 0.4) is 0 Å². The number of aromatic carboxylic acids is 1. The molecular formula is C17H18ClNO4S. The summed E-state index contributed by atoms with van der Waals surface area (Å²) in [7, 11) is 1.67. The van der Waals surface area contributed by atoms with E-state index in [9.17, 15) is 9.59 Å². The molecule has 0 unspecified atom stereocenters. The molecule has 1 aromatic heterocycles. The summed E-state index contributed by atoms with van der Waals surface area (Å²) in [4.78, 5) is 25.7. The number of carboxylic acid groups (broad SMARTS) is 1. The Morgan fingerprint density at radius 2 is 1.96 bits per heavy atom. The summed E-state index contributed by atoms with van der Waals surface area (Å²) in [6.45, 7) is 1.84. The van der Waals surface area contributed by atoms with Gasteiger partial charge in [0, 0.05) is 29.1 Å². The summed E-state index contributed by atoms with van der Waals surface area (Å²) in [6, 6.07) is 8.93. The quantitative estimate of drug-likeness (QED) is 0.746. The molecule has 24 heavy (non-hydrogen) atoms. The molecule has 1 heterocycles. The Kier molecular flexibility index (Phi) is 6.34. The molecule has 2 rings (SSSR count). The van der Waals surface area contributed by atoms with Crippen molar-refractivity contribution in [3.63, 3.8) is 0 Å². The van der Waals surface area contributed by atoms with Gasteiger partial charge < -0.3 is 14.4 Å². The highest BCUT2D eigenvalue weighted by Gasteiger charge is 2.16. The van der Waals surface area contributed by atoms with Gasteiger partial charge in [0.1, 0.15) is 17.1 Å². The molecule has 0 aliphatic carbocycles. The zero-order valence-electron chi connectivity index (χ0n) is 13.4. The molecule has 0 radical (unpaired) electrons. The average Bonchev–Trinajstić information content (AvgIpc) is 2.89. The molecule has 1 aromatic carbocycles. The Morgan fingerprint density at radius 1 is 1.29 bits per heavy atom. The molecule has 5 nitrogen and oxygen atoms in total. The van der Waals surface area contributed by atoms with E-state index in [2.05, 4.69) is 0 Å². The van der Waals surface area contributed by atoms with E-state index in [4.69, 9.17) is 21.1 Å². The van der Waals surface area contributed by atoms with Crippen molar-refractivity contribution in [2.45, 2.75) is 24.8 Å². The average molecular weight is 368 g/mol. The first-order valence-electron chi connectivity index (χ1n) is 7.31. The molecule has 128 valence electrons. The van der Waals surface area contributed by atoms with E-state index in [-0.39, 0.29) is 18.0 Å². The van der Waals surface area contributed by atoms with Crippen molar-refractivity contribution in [2.24, 2.45) is 0 Å². The summed E-state index contributed by atoms with van der Waals surface area (Å²) in [5.41, 5.74) is 0.129. The molecule has 1 N–H and O–H groups in total. The van der Waals surface area contributed by atoms with Crippen molar-refractivity contribution in [2.75, 3.05) is 12.8 Å². The van der Waals surface area contributed by atoms with Gasteiger partial charge in [-0.05, 0) is 37.3 Å². The van der Waals surface area contributed by atoms with Crippen molar-refractivity contribution in [3.05, 3.63) is 52.4 Å². The number of amides is 1. The summed E-state index contributed by atoms with van der Waals surface area (Å²) in [5, 5.41) is 9.70. The van der Waals surface area contributed by atoms with E-state index in [1.165, 1.54) is 11.0 Å². The first-order chi connectivity index (χ1) is 11.4. The van der Waals surface area contributed by atoms with Crippen LogP contribution in [-0.4, -0.2) is 34.7 Å². The van der Waals surface area contributed by atoms with Crippen molar-refractivity contribution in [1.82, 2.24) is 4.90 Å². The highest BCUT2D eigenvalue weighted by molar-refractivity contribution is 7.99. The number of furan rings is 1. The molecule has 7 heteroatoms. The molecule has 0 saturated heterocycles. The molecule has 0 fully saturated rings. The van der Waals surface area contributed by atoms with Gasteiger partial charge in [-0.3, -0.25) is 4.79 Å². The number of hydrogen-bond acceptors (Lipinski definition) is 4. The molecule has 1 amide bonds. The first kappa shape index (κ1) is 18.4. The third-order valence-electron chi connectivity index (χ3n) is 3.42. The largest absolute Gasteiger partial charge is 0.478 e. The minimum Gasteiger partial charge on any atom is -0.478 e. The van der Waals surface area contributed by atoms with Crippen LogP contribution in [0.5, 0.6) is 0 Å². The molecule has 0 saturated carbocycles. The van der Waals surface area contributed by atoms with Crippen LogP contribution in [0.1, 0.15) is 28.3 Å². The van der Waals surface area contributed by atoms with Crippen LogP contribution in [0.15, 0.2) is 39.6 Å². The Balaban J connectivity index is 1.82. The van der Waals surface area contributed by atoms with Crippen molar-refractivity contribution in [1.29, 1.82) is 0 Å². The lowest BCUT2D eigenvalue weighted by Crippen LogP contribution is -2.26. The van der Waals surface area contributed by atoms with Gasteiger partial charge in [0.25, 0.3) is 0 Å². The summed E-state index contributed by atoms with van der Waals surface area (Å²) < 4.78 is 5.39. The minimum atomic E-state index is -1.03. The Bertz CT molecular complexity index is 727. The van der Waals surface area contributed by atoms with Crippen LogP contribution in [0.2, 0.25) is 5.02 Å². The van der Waals surface area contributed by atoms with E-state index in [0.717, 1.165) is 4.90 Å². The lowest BCUT2D eigenvalue weighted by Gasteiger charge is -2.15. The van der Waals surface area contributed by atoms with Gasteiger partial charge in [-0.2, -0.15) is 0 Å². The zero-order chi connectivity index (χ0) is 17.7. The summed E-state index contributed by atoms with van der Waals surface area (Å²) >= 11 is 7.42. The number of hydrogen-bond donors (Lipinski definition) is 1. The Labute approximate surface area is 149 Å². The Morgan fingerprint density at radius 3 is 2.54 bits per heavy atom. The zero-order valence-corrected chi connectivity index (χ0v) is 15.0. The molecule has 0 aliphatic heterocycles. The number of rotatable bonds is 7. The first-order valence-corrected chi connectivity index (χ1v) is 8.68. The van der Waals surface area contributed by atoms with Crippen LogP contribution < -0.4 is 0 Å². The van der Waals surface area contributed by atoms with Gasteiger partial charge >= 0.3 is 5.97 Å². The fourth-order valence-corrected chi connectivity index (χ4v) is 3.10. The number of aryl methyl sites for hydroxylation is 1. The summed E-state index contributed by atoms with van der Waals surface area (Å²) in [6.07, 6.45) is 0.384. The topological polar surface area (TPSA) is 70.8 Å². The second-order valence-electron chi connectivity index (χ2n) is 5.29. The van der Waals surface area contributed by atoms with Crippen molar-refractivity contribution < 1.29 is 19.1 Å². The van der Waals surface area contributed by atoms with Crippen LogP contribution in [0, 0.1) is 6.92 Å². The van der Waals surface area contributed by atoms with Crippen LogP contribution in [-0.2, 0) is 11.3 Å². The predicted octanol–water partition coefficient (Wildman–Crippen LogP) is 4.08. The number of thioether (sulfide) groups is 1. The monoisotopic (exact) mass is 367 g/mol. The molecule has 0 spiro atoms. The molecular weight excluding hydrogens is 350 g/mol. The maximum Gasteiger partial charge on any atom is 0.339 e. The van der Waals surface area contributed by atoms with Gasteiger partial charge in [-0.1, -0.05) is 11.6 Å². The maximum absolute atomic E-state index is 12.2. The summed E-state index contributed by atoms with van der Waals surface area (Å²) in [5.74, 6) is 0.406. The molecule has 0 bridgehead atoms. The van der Waals surface area contributed by atoms with Gasteiger partial charge in [0.05, 0.1) is 6.54 Å². The maximum atomic E-state index is 12.2. The lowest BCUT2D eigenvalue weighted by atomic mass is 10.2. The standard InChI is InChI=1S/C17H18ClNO4S/c1-11-15(17(21)22)9-13(23-11)10-19(2)16(20)7-8-24-14-5-3-12(18)4-6-14/h3-6,9H,7-8,10H2,1-2H3,(H,21,22). The van der Waals surface area contributed by atoms with Crippen molar-refractivity contribution >= 4 is 35.2 Å². The van der Waals surface area contributed by atoms with Crippen molar-refractivity contribution in [3.8, 4) is 0 Å². The van der Waals surface area contributed by atoms with E-state index < -0.39 is 5.97 Å². The lowest BCUT2D eigenvalue weighted by molar-refractivity contribution is -0.130. The second kappa shape index (κ2) is 8.26. The van der Waals surface area contributed by atoms with Crippen LogP contribution in [0.4, 0.5) is 0 Å². The molecule has 0 aliphatic rings. The smallest absolute Gasteiger partial charge is 0.339 e. The third-order valence-corrected chi connectivity index (χ3v) is 4.68. The van der Waals surface area contributed by atoms with Crippen LogP contribution >= 0.6 is 23.4 Å². The van der Waals surface area contributed by atoms with Crippen LogP contribution in [0.25, 0.3) is 0 Å². The third kappa shape index (κ3) is 5.04. The fraction of sp³-hybridized carbons (Fsp3) is 0.294. The van der Waals surface area contributed by atoms with Gasteiger partial charge in [0.2, 0.25) is 5.91 Å². The highest BCUT2D eigenvalue weighted by Crippen LogP contribution is 2.21. The fourth-order valence-electron chi connectivity index (χ4n) is 2.13. The van der Waals surface area contributed by atoms with E-state index in [1.807, 2.05) is 24.3 Å². The van der Waals surface area contributed by atoms with Gasteiger partial charge in [0.15, 0.2) is 0 Å².